The molecule has 7 aromatic carbocycles. The normalized spacial score (nSPS) is 12.8. The van der Waals surface area contributed by atoms with Crippen molar-refractivity contribution >= 4 is 79.1 Å². The number of aromatic amines is 2. The number of nitrogens with one attached hydrogen (secondary N) is 4. The monoisotopic (exact) mass is 1050 g/mol. The first kappa shape index (κ1) is 54.8. The number of hydrogen-bond acceptors (Lipinski definition) is 6. The van der Waals surface area contributed by atoms with Crippen molar-refractivity contribution in [3.63, 3.8) is 0 Å². The third kappa shape index (κ3) is 11.8. The first-order valence-electron chi connectivity index (χ1n) is 24.6. The highest BCUT2D eigenvalue weighted by Gasteiger charge is 2.28. The Morgan fingerprint density at radius 2 is 1.28 bits per heavy atom. The van der Waals surface area contributed by atoms with Crippen LogP contribution in [-0.4, -0.2) is 30.8 Å². The van der Waals surface area contributed by atoms with Gasteiger partial charge < -0.3 is 25.5 Å². The van der Waals surface area contributed by atoms with Gasteiger partial charge in [0.2, 0.25) is 0 Å². The summed E-state index contributed by atoms with van der Waals surface area (Å²) in [5, 5.41) is 28.2. The molecule has 0 bridgehead atoms. The molecule has 3 aliphatic rings. The molecule has 4 heterocycles. The Bertz CT molecular complexity index is 3610. The van der Waals surface area contributed by atoms with Crippen LogP contribution in [-0.2, 0) is 13.6 Å². The van der Waals surface area contributed by atoms with Crippen molar-refractivity contribution in [3.05, 3.63) is 207 Å². The quantitative estimate of drug-likeness (QED) is 0.111. The van der Waals surface area contributed by atoms with Crippen LogP contribution in [0, 0.1) is 76.2 Å². The number of ether oxygens (including phenoxy) is 1. The van der Waals surface area contributed by atoms with Gasteiger partial charge in [0.25, 0.3) is 5.91 Å². The number of aryl methyl sites for hydroxylation is 8. The highest BCUT2D eigenvalue weighted by molar-refractivity contribution is 6.36. The average molecular weight is 1050 g/mol. The number of phenols is 1. The molecule has 13 heteroatoms. The summed E-state index contributed by atoms with van der Waals surface area (Å²) in [6.07, 6.45) is 2.65. The van der Waals surface area contributed by atoms with Gasteiger partial charge in [-0.15, -0.1) is 0 Å². The number of carbonyl (C=O) groups excluding carboxylic acids is 1. The van der Waals surface area contributed by atoms with Crippen LogP contribution in [0.1, 0.15) is 102 Å². The molecular weight excluding hydrogens is 987 g/mol. The Hall–Kier alpha value is -6.98. The second-order valence-electron chi connectivity index (χ2n) is 19.3. The van der Waals surface area contributed by atoms with E-state index < -0.39 is 0 Å². The van der Waals surface area contributed by atoms with E-state index >= 15 is 0 Å². The fraction of sp³-hybridized carbons (Fsp3) is 0.262. The first-order chi connectivity index (χ1) is 35.1. The third-order valence-corrected chi connectivity index (χ3v) is 15.3. The molecule has 2 aromatic heterocycles. The SMILES string of the molecule is C=C1Nc2ccc(C)c(C)c2O1.Cc1c(Cl)cc(Cl)c(O)c1C.Cc1ccc2[nH]c(=O)n(C)c2c1C.Cc1ccc2c(c1C)C(=O)NC2.Cc1ccc2n[nH]c(C3CC3)c2c1C.Cc1cccc2cccc(Cl)c12. The molecular formula is C61H65Cl3N6O4. The van der Waals surface area contributed by atoms with Crippen LogP contribution in [0.3, 0.4) is 0 Å². The fourth-order valence-corrected chi connectivity index (χ4v) is 9.82. The zero-order valence-corrected chi connectivity index (χ0v) is 46.5. The largest absolute Gasteiger partial charge is 0.506 e. The van der Waals surface area contributed by atoms with Crippen molar-refractivity contribution in [2.24, 2.45) is 7.05 Å². The number of fused-ring (bicyclic) bond motifs is 5. The summed E-state index contributed by atoms with van der Waals surface area (Å²) < 4.78 is 7.06. The summed E-state index contributed by atoms with van der Waals surface area (Å²) >= 11 is 17.5. The molecule has 1 fully saturated rings. The number of phenolic OH excluding ortho intramolecular Hbond substituents is 1. The minimum Gasteiger partial charge on any atom is -0.506 e. The van der Waals surface area contributed by atoms with Crippen LogP contribution in [0.2, 0.25) is 15.1 Å². The zero-order chi connectivity index (χ0) is 53.9. The molecule has 0 unspecified atom stereocenters. The molecule has 1 amide bonds. The summed E-state index contributed by atoms with van der Waals surface area (Å²) in [5.41, 5.74) is 20.1. The van der Waals surface area contributed by atoms with Crippen LogP contribution >= 0.6 is 34.8 Å². The van der Waals surface area contributed by atoms with Crippen molar-refractivity contribution in [3.8, 4) is 11.5 Å². The maximum atomic E-state index is 11.3. The molecule has 2 aliphatic heterocycles. The molecule has 74 heavy (non-hydrogen) atoms. The van der Waals surface area contributed by atoms with Gasteiger partial charge in [0, 0.05) is 51.6 Å². The lowest BCUT2D eigenvalue weighted by atomic mass is 10.00. The number of amides is 1. The zero-order valence-electron chi connectivity index (χ0n) is 44.3. The number of halogens is 3. The lowest BCUT2D eigenvalue weighted by Gasteiger charge is -2.06. The molecule has 10 nitrogen and oxygen atoms in total. The number of imidazole rings is 1. The smallest absolute Gasteiger partial charge is 0.326 e. The Morgan fingerprint density at radius 3 is 1.97 bits per heavy atom. The molecule has 1 aliphatic carbocycles. The van der Waals surface area contributed by atoms with E-state index in [1.807, 2.05) is 77.1 Å². The first-order valence-corrected chi connectivity index (χ1v) is 25.7. The number of benzene rings is 7. The van der Waals surface area contributed by atoms with Gasteiger partial charge in [-0.2, -0.15) is 5.10 Å². The number of aromatic hydroxyl groups is 1. The maximum absolute atomic E-state index is 11.3. The van der Waals surface area contributed by atoms with Crippen LogP contribution in [0.25, 0.3) is 32.7 Å². The fourth-order valence-electron chi connectivity index (χ4n) is 8.93. The second kappa shape index (κ2) is 23.1. The van der Waals surface area contributed by atoms with E-state index in [1.54, 1.807) is 24.6 Å². The van der Waals surface area contributed by atoms with Crippen molar-refractivity contribution in [2.45, 2.75) is 101 Å². The van der Waals surface area contributed by atoms with Crippen molar-refractivity contribution in [1.82, 2.24) is 25.1 Å². The molecule has 384 valence electrons. The van der Waals surface area contributed by atoms with Crippen LogP contribution in [0.15, 0.2) is 108 Å². The van der Waals surface area contributed by atoms with Crippen molar-refractivity contribution in [2.75, 3.05) is 5.32 Å². The second-order valence-corrected chi connectivity index (χ2v) is 20.5. The maximum Gasteiger partial charge on any atom is 0.326 e. The summed E-state index contributed by atoms with van der Waals surface area (Å²) in [5.74, 6) is 2.47. The molecule has 0 saturated heterocycles. The minimum atomic E-state index is -0.0521. The van der Waals surface area contributed by atoms with Crippen LogP contribution in [0.4, 0.5) is 5.69 Å². The Balaban J connectivity index is 0.000000130. The van der Waals surface area contributed by atoms with Gasteiger partial charge in [-0.05, 0) is 198 Å². The molecule has 12 rings (SSSR count). The predicted octanol–water partition coefficient (Wildman–Crippen LogP) is 15.8. The number of H-pyrrole nitrogens is 2. The van der Waals surface area contributed by atoms with Gasteiger partial charge in [0.15, 0.2) is 11.6 Å². The molecule has 0 atom stereocenters. The highest BCUT2D eigenvalue weighted by atomic mass is 35.5. The Morgan fingerprint density at radius 1 is 0.662 bits per heavy atom. The lowest BCUT2D eigenvalue weighted by Crippen LogP contribution is -2.13. The van der Waals surface area contributed by atoms with E-state index in [0.717, 1.165) is 66.7 Å². The number of rotatable bonds is 1. The van der Waals surface area contributed by atoms with E-state index in [9.17, 15) is 14.7 Å². The van der Waals surface area contributed by atoms with Crippen LogP contribution < -0.4 is 21.1 Å². The van der Waals surface area contributed by atoms with Gasteiger partial charge >= 0.3 is 5.69 Å². The van der Waals surface area contributed by atoms with Gasteiger partial charge in [-0.3, -0.25) is 14.5 Å². The van der Waals surface area contributed by atoms with Gasteiger partial charge in [0.1, 0.15) is 5.75 Å². The molecule has 1 saturated carbocycles. The molecule has 9 aromatic rings. The third-order valence-electron chi connectivity index (χ3n) is 14.3. The van der Waals surface area contributed by atoms with E-state index in [4.69, 9.17) is 39.5 Å². The van der Waals surface area contributed by atoms with E-state index in [1.165, 1.54) is 79.2 Å². The predicted molar refractivity (Wildman–Crippen MR) is 308 cm³/mol. The number of aromatic nitrogens is 4. The minimum absolute atomic E-state index is 0.0521. The van der Waals surface area contributed by atoms with Crippen LogP contribution in [0.5, 0.6) is 11.5 Å². The van der Waals surface area contributed by atoms with E-state index in [-0.39, 0.29) is 17.3 Å². The standard InChI is InChI=1S/C12H14N2.C11H9Cl.C10H12N2O.2C10H11NO.C8H8Cl2O/c1-7-3-6-10-11(8(7)2)12(14-13-10)9-4-5-9;1-8-4-2-5-9-6-3-7-10(12)11(8)9;1-6-4-5-8-9(7(6)2)12(3)10(13)11-8;1-6-4-5-9-10(7(6)2)12-8(3)11-9;1-6-3-4-8-5-11-10(12)9(8)7(6)2;1-4-5(2)8(11)7(10)3-6(4)9/h3,6,9H,4-5H2,1-2H3,(H,13,14);2-7H,1H3;4-5H,1-3H3,(H,11,13);4-5,11H,3H2,1-2H3;3-4H,5H2,1-2H3,(H,11,12);3,11H,1-2H3. The summed E-state index contributed by atoms with van der Waals surface area (Å²) in [4.78, 5) is 25.4. The average Bonchev–Trinajstić information content (AvgIpc) is 3.65. The summed E-state index contributed by atoms with van der Waals surface area (Å²) in [6, 6.07) is 30.1. The number of anilines is 1. The van der Waals surface area contributed by atoms with Gasteiger partial charge in [-0.25, -0.2) is 4.79 Å². The summed E-state index contributed by atoms with van der Waals surface area (Å²) in [7, 11) is 1.79. The van der Waals surface area contributed by atoms with Crippen molar-refractivity contribution < 1.29 is 14.6 Å². The Labute approximate surface area is 448 Å². The van der Waals surface area contributed by atoms with Crippen molar-refractivity contribution in [1.29, 1.82) is 0 Å². The summed E-state index contributed by atoms with van der Waals surface area (Å²) in [6.45, 7) is 26.7. The molecule has 0 radical (unpaired) electrons. The van der Waals surface area contributed by atoms with Gasteiger partial charge in [-0.1, -0.05) is 95.5 Å². The molecule has 5 N–H and O–H groups in total. The van der Waals surface area contributed by atoms with Gasteiger partial charge in [0.05, 0.1) is 27.3 Å². The Kier molecular flexibility index (Phi) is 17.1. The lowest BCUT2D eigenvalue weighted by molar-refractivity contribution is 0.0965. The number of nitrogens with zero attached hydrogens (tertiary/aromatic N) is 2. The van der Waals surface area contributed by atoms with E-state index in [2.05, 4.69) is 109 Å². The topological polar surface area (TPSA) is 137 Å². The number of carbonyl (C=O) groups is 1. The highest BCUT2D eigenvalue weighted by Crippen LogP contribution is 2.43. The molecule has 0 spiro atoms. The number of hydrogen-bond donors (Lipinski definition) is 5. The van der Waals surface area contributed by atoms with E-state index in [0.29, 0.717) is 22.5 Å².